The predicted octanol–water partition coefficient (Wildman–Crippen LogP) is 4.51. The van der Waals surface area contributed by atoms with E-state index in [0.29, 0.717) is 12.1 Å². The quantitative estimate of drug-likeness (QED) is 0.691. The Bertz CT molecular complexity index is 1180. The molecule has 2 aromatic rings. The predicted molar refractivity (Wildman–Crippen MR) is 133 cm³/mol. The maximum Gasteiger partial charge on any atom is 0.251 e. The molecule has 6 heteroatoms. The van der Waals surface area contributed by atoms with Crippen LogP contribution in [0.1, 0.15) is 54.1 Å². The van der Waals surface area contributed by atoms with Gasteiger partial charge in [0, 0.05) is 41.4 Å². The highest BCUT2D eigenvalue weighted by Crippen LogP contribution is 2.46. The van der Waals surface area contributed by atoms with Crippen molar-refractivity contribution >= 4 is 11.8 Å². The molecule has 0 spiro atoms. The molecule has 6 nitrogen and oxygen atoms in total. The average Bonchev–Trinajstić information content (AvgIpc) is 3.60. The number of furan rings is 1. The van der Waals surface area contributed by atoms with E-state index in [1.165, 1.54) is 5.57 Å². The second kappa shape index (κ2) is 9.34. The van der Waals surface area contributed by atoms with Crippen LogP contribution in [0.25, 0.3) is 0 Å². The number of nitrogens with zero attached hydrogens (tertiary/aromatic N) is 1. The first-order valence-corrected chi connectivity index (χ1v) is 12.7. The van der Waals surface area contributed by atoms with Gasteiger partial charge in [0.1, 0.15) is 0 Å². The lowest BCUT2D eigenvalue weighted by Gasteiger charge is -2.40. The Morgan fingerprint density at radius 2 is 1.89 bits per heavy atom. The zero-order chi connectivity index (χ0) is 23.8. The molecule has 1 saturated carbocycles. The summed E-state index contributed by atoms with van der Waals surface area (Å²) < 4.78 is 5.40. The van der Waals surface area contributed by atoms with E-state index < -0.39 is 0 Å². The van der Waals surface area contributed by atoms with Gasteiger partial charge in [-0.05, 0) is 43.0 Å². The van der Waals surface area contributed by atoms with Crippen molar-refractivity contribution in [1.82, 2.24) is 15.5 Å². The van der Waals surface area contributed by atoms with Crippen LogP contribution in [0.4, 0.5) is 0 Å². The van der Waals surface area contributed by atoms with Crippen molar-refractivity contribution in [2.24, 2.45) is 11.8 Å². The number of benzene rings is 1. The van der Waals surface area contributed by atoms with Crippen LogP contribution in [-0.2, 0) is 4.79 Å². The molecule has 5 atom stereocenters. The summed E-state index contributed by atoms with van der Waals surface area (Å²) in [6.45, 7) is 0.707. The zero-order valence-electron chi connectivity index (χ0n) is 19.7. The van der Waals surface area contributed by atoms with Gasteiger partial charge in [0.2, 0.25) is 5.91 Å². The first kappa shape index (κ1) is 22.1. The van der Waals surface area contributed by atoms with Gasteiger partial charge in [-0.3, -0.25) is 14.9 Å². The third-order valence-corrected chi connectivity index (χ3v) is 7.99. The van der Waals surface area contributed by atoms with Gasteiger partial charge >= 0.3 is 0 Å². The molecule has 6 rings (SSSR count). The van der Waals surface area contributed by atoms with Crippen molar-refractivity contribution < 1.29 is 14.0 Å². The molecular weight excluding hydrogens is 438 g/mol. The lowest BCUT2D eigenvalue weighted by Crippen LogP contribution is -2.50. The molecule has 4 aliphatic rings. The van der Waals surface area contributed by atoms with Gasteiger partial charge in [-0.1, -0.05) is 55.3 Å². The van der Waals surface area contributed by atoms with Crippen LogP contribution in [0.5, 0.6) is 0 Å². The van der Waals surface area contributed by atoms with E-state index in [4.69, 9.17) is 4.42 Å². The molecule has 180 valence electrons. The number of allylic oxidation sites excluding steroid dienone is 2. The van der Waals surface area contributed by atoms with Crippen molar-refractivity contribution in [2.75, 3.05) is 6.54 Å². The second-order valence-electron chi connectivity index (χ2n) is 9.99. The standard InChI is InChI=1S/C29H31N3O3/c33-28(19-8-2-1-3-9-19)31-25-13-7-5-11-22(25)29(34)32-16-14-23-26(20-15-17-35-18-20)30-24-12-6-4-10-21(24)27(23)32/h1-4,6,8-10,12,15,17-18,22-26,30H,5,7,11,13-14,16H2,(H,31,33)/t22-,23+,24?,25+,26-/m0/s1. The normalized spacial score (nSPS) is 29.6. The number of hydrogen-bond acceptors (Lipinski definition) is 4. The van der Waals surface area contributed by atoms with Gasteiger partial charge in [0.15, 0.2) is 0 Å². The lowest BCUT2D eigenvalue weighted by atomic mass is 9.80. The molecule has 1 aromatic heterocycles. The van der Waals surface area contributed by atoms with Gasteiger partial charge < -0.3 is 14.6 Å². The summed E-state index contributed by atoms with van der Waals surface area (Å²) in [5.74, 6) is 0.0634. The summed E-state index contributed by atoms with van der Waals surface area (Å²) >= 11 is 0. The highest BCUT2D eigenvalue weighted by atomic mass is 16.3. The van der Waals surface area contributed by atoms with Gasteiger partial charge in [0.05, 0.1) is 24.5 Å². The van der Waals surface area contributed by atoms with E-state index in [1.54, 1.807) is 6.26 Å². The van der Waals surface area contributed by atoms with Crippen LogP contribution in [0, 0.1) is 11.8 Å². The summed E-state index contributed by atoms with van der Waals surface area (Å²) in [5.41, 5.74) is 4.08. The summed E-state index contributed by atoms with van der Waals surface area (Å²) in [4.78, 5) is 29.1. The SMILES string of the molecule is O=C(N[C@@H]1CCCC[C@@H]1C(=O)N1CC[C@H]2C1=C1C=CC=CC1N[C@H]2c1ccoc1)c1ccccc1. The number of carbonyl (C=O) groups is 2. The number of amides is 2. The van der Waals surface area contributed by atoms with Crippen molar-refractivity contribution in [3.05, 3.63) is 95.6 Å². The molecule has 35 heavy (non-hydrogen) atoms. The third-order valence-electron chi connectivity index (χ3n) is 7.99. The fourth-order valence-corrected chi connectivity index (χ4v) is 6.31. The fourth-order valence-electron chi connectivity index (χ4n) is 6.31. The second-order valence-corrected chi connectivity index (χ2v) is 9.99. The minimum atomic E-state index is -0.202. The summed E-state index contributed by atoms with van der Waals surface area (Å²) in [6, 6.07) is 11.3. The highest BCUT2D eigenvalue weighted by Gasteiger charge is 2.46. The molecule has 1 aromatic carbocycles. The summed E-state index contributed by atoms with van der Waals surface area (Å²) in [6.07, 6.45) is 16.5. The molecule has 3 heterocycles. The molecule has 1 unspecified atom stereocenters. The summed E-state index contributed by atoms with van der Waals surface area (Å²) in [5, 5.41) is 6.97. The zero-order valence-corrected chi connectivity index (χ0v) is 19.7. The molecule has 2 amide bonds. The molecule has 0 bridgehead atoms. The van der Waals surface area contributed by atoms with Gasteiger partial charge in [-0.2, -0.15) is 0 Å². The Balaban J connectivity index is 1.28. The average molecular weight is 470 g/mol. The largest absolute Gasteiger partial charge is 0.472 e. The van der Waals surface area contributed by atoms with Crippen molar-refractivity contribution in [3.63, 3.8) is 0 Å². The Kier molecular flexibility index (Phi) is 5.90. The van der Waals surface area contributed by atoms with Crippen LogP contribution >= 0.6 is 0 Å². The van der Waals surface area contributed by atoms with E-state index in [-0.39, 0.29) is 41.8 Å². The first-order valence-electron chi connectivity index (χ1n) is 12.7. The number of likely N-dealkylation sites (tertiary alicyclic amines) is 1. The maximum absolute atomic E-state index is 14.1. The van der Waals surface area contributed by atoms with Crippen LogP contribution in [-0.4, -0.2) is 35.3 Å². The van der Waals surface area contributed by atoms with E-state index >= 15 is 0 Å². The van der Waals surface area contributed by atoms with Gasteiger partial charge in [0.25, 0.3) is 5.91 Å². The highest BCUT2D eigenvalue weighted by molar-refractivity contribution is 5.95. The number of carbonyl (C=O) groups excluding carboxylic acids is 2. The first-order chi connectivity index (χ1) is 17.2. The number of hydrogen-bond donors (Lipinski definition) is 2. The topological polar surface area (TPSA) is 74.6 Å². The number of nitrogens with one attached hydrogen (secondary N) is 2. The molecule has 2 N–H and O–H groups in total. The monoisotopic (exact) mass is 469 g/mol. The molecule has 2 aliphatic carbocycles. The van der Waals surface area contributed by atoms with Crippen molar-refractivity contribution in [3.8, 4) is 0 Å². The molecule has 0 radical (unpaired) electrons. The Morgan fingerprint density at radius 3 is 2.71 bits per heavy atom. The minimum Gasteiger partial charge on any atom is -0.472 e. The Labute approximate surface area is 205 Å². The van der Waals surface area contributed by atoms with E-state index in [0.717, 1.165) is 43.4 Å². The van der Waals surface area contributed by atoms with Crippen molar-refractivity contribution in [1.29, 1.82) is 0 Å². The van der Waals surface area contributed by atoms with Gasteiger partial charge in [-0.15, -0.1) is 0 Å². The Hall–Kier alpha value is -3.38. The van der Waals surface area contributed by atoms with Crippen LogP contribution in [0.2, 0.25) is 0 Å². The van der Waals surface area contributed by atoms with Crippen LogP contribution in [0.15, 0.2) is 88.9 Å². The molecular formula is C29H31N3O3. The number of fused-ring (bicyclic) bond motifs is 2. The number of rotatable bonds is 4. The van der Waals surface area contributed by atoms with Crippen molar-refractivity contribution in [2.45, 2.75) is 50.2 Å². The van der Waals surface area contributed by atoms with E-state index in [2.05, 4.69) is 34.9 Å². The van der Waals surface area contributed by atoms with Crippen LogP contribution < -0.4 is 10.6 Å². The minimum absolute atomic E-state index is 0.0690. The fraction of sp³-hybridized carbons (Fsp3) is 0.379. The lowest BCUT2D eigenvalue weighted by molar-refractivity contribution is -0.134. The van der Waals surface area contributed by atoms with Crippen LogP contribution in [0.3, 0.4) is 0 Å². The Morgan fingerprint density at radius 1 is 1.03 bits per heavy atom. The summed E-state index contributed by atoms with van der Waals surface area (Å²) in [7, 11) is 0. The maximum atomic E-state index is 14.1. The molecule has 2 fully saturated rings. The van der Waals surface area contributed by atoms with Gasteiger partial charge in [-0.25, -0.2) is 0 Å². The smallest absolute Gasteiger partial charge is 0.251 e. The third kappa shape index (κ3) is 4.06. The van der Waals surface area contributed by atoms with E-state index in [9.17, 15) is 9.59 Å². The molecule has 1 saturated heterocycles. The van der Waals surface area contributed by atoms with E-state index in [1.807, 2.05) is 47.6 Å². The molecule has 2 aliphatic heterocycles.